The first-order chi connectivity index (χ1) is 8.60. The van der Waals surface area contributed by atoms with Gasteiger partial charge < -0.3 is 5.32 Å². The van der Waals surface area contributed by atoms with Crippen LogP contribution in [0.4, 0.5) is 10.1 Å². The Balaban J connectivity index is 2.12. The van der Waals surface area contributed by atoms with Crippen LogP contribution in [0.1, 0.15) is 5.56 Å². The molecule has 94 valence electrons. The van der Waals surface area contributed by atoms with Gasteiger partial charge in [0, 0.05) is 24.5 Å². The summed E-state index contributed by atoms with van der Waals surface area (Å²) in [7, 11) is 0. The van der Waals surface area contributed by atoms with Crippen molar-refractivity contribution in [3.8, 4) is 0 Å². The van der Waals surface area contributed by atoms with Crippen LogP contribution in [0.15, 0.2) is 31.1 Å². The average Bonchev–Trinajstić information content (AvgIpc) is 2.75. The molecule has 0 aliphatic heterocycles. The van der Waals surface area contributed by atoms with Crippen LogP contribution in [0.3, 0.4) is 0 Å². The van der Waals surface area contributed by atoms with Crippen molar-refractivity contribution in [2.45, 2.75) is 6.54 Å². The van der Waals surface area contributed by atoms with Crippen LogP contribution in [-0.4, -0.2) is 9.78 Å². The minimum absolute atomic E-state index is 0.246. The summed E-state index contributed by atoms with van der Waals surface area (Å²) in [5, 5.41) is 7.58. The Labute approximate surface area is 114 Å². The molecule has 0 saturated heterocycles. The monoisotopic (exact) mass is 285 g/mol. The molecule has 0 radical (unpaired) electrons. The number of nitrogens with one attached hydrogen (secondary N) is 1. The van der Waals surface area contributed by atoms with E-state index in [1.165, 1.54) is 12.1 Å². The Morgan fingerprint density at radius 2 is 2.06 bits per heavy atom. The van der Waals surface area contributed by atoms with Gasteiger partial charge in [-0.1, -0.05) is 29.8 Å². The number of rotatable bonds is 4. The van der Waals surface area contributed by atoms with Gasteiger partial charge in [-0.05, 0) is 12.1 Å². The molecular formula is C12H10Cl2FN3. The van der Waals surface area contributed by atoms with Crippen molar-refractivity contribution in [2.24, 2.45) is 0 Å². The summed E-state index contributed by atoms with van der Waals surface area (Å²) in [4.78, 5) is 0. The van der Waals surface area contributed by atoms with Crippen molar-refractivity contribution in [1.29, 1.82) is 0 Å². The van der Waals surface area contributed by atoms with Crippen molar-refractivity contribution in [3.05, 3.63) is 52.5 Å². The van der Waals surface area contributed by atoms with Crippen molar-refractivity contribution in [1.82, 2.24) is 9.78 Å². The van der Waals surface area contributed by atoms with Gasteiger partial charge in [-0.2, -0.15) is 5.10 Å². The minimum atomic E-state index is -0.463. The van der Waals surface area contributed by atoms with Gasteiger partial charge >= 0.3 is 0 Å². The smallest absolute Gasteiger partial charge is 0.126 e. The predicted octanol–water partition coefficient (Wildman–Crippen LogP) is 4.04. The molecule has 2 rings (SSSR count). The van der Waals surface area contributed by atoms with E-state index in [1.807, 2.05) is 6.20 Å². The van der Waals surface area contributed by atoms with E-state index < -0.39 is 5.82 Å². The summed E-state index contributed by atoms with van der Waals surface area (Å²) >= 11 is 11.8. The fraction of sp³-hybridized carbons (Fsp3) is 0.0833. The second-order valence-electron chi connectivity index (χ2n) is 3.61. The molecule has 0 aliphatic carbocycles. The summed E-state index contributed by atoms with van der Waals surface area (Å²) < 4.78 is 14.6. The molecule has 1 aromatic heterocycles. The van der Waals surface area contributed by atoms with E-state index >= 15 is 0 Å². The van der Waals surface area contributed by atoms with Gasteiger partial charge in [0.25, 0.3) is 0 Å². The maximum atomic E-state index is 13.0. The van der Waals surface area contributed by atoms with Crippen molar-refractivity contribution in [3.63, 3.8) is 0 Å². The third-order valence-corrected chi connectivity index (χ3v) is 2.91. The highest BCUT2D eigenvalue weighted by molar-refractivity contribution is 6.39. The molecule has 0 aliphatic rings. The Kier molecular flexibility index (Phi) is 3.89. The number of anilines is 1. The van der Waals surface area contributed by atoms with Gasteiger partial charge in [0.1, 0.15) is 5.82 Å². The van der Waals surface area contributed by atoms with Crippen molar-refractivity contribution in [2.75, 3.05) is 5.32 Å². The highest BCUT2D eigenvalue weighted by Crippen LogP contribution is 2.31. The number of halogens is 3. The third-order valence-electron chi connectivity index (χ3n) is 2.32. The van der Waals surface area contributed by atoms with E-state index in [9.17, 15) is 4.39 Å². The van der Waals surface area contributed by atoms with Gasteiger partial charge in [0.05, 0.1) is 21.9 Å². The lowest BCUT2D eigenvalue weighted by molar-refractivity contribution is 0.628. The first-order valence-corrected chi connectivity index (χ1v) is 5.89. The molecule has 1 aromatic carbocycles. The van der Waals surface area contributed by atoms with E-state index in [0.29, 0.717) is 12.2 Å². The number of nitrogens with zero attached hydrogens (tertiary/aromatic N) is 2. The van der Waals surface area contributed by atoms with Crippen LogP contribution in [0.5, 0.6) is 0 Å². The molecule has 0 unspecified atom stereocenters. The Hall–Kier alpha value is -1.52. The van der Waals surface area contributed by atoms with Crippen LogP contribution in [0, 0.1) is 5.82 Å². The zero-order valence-electron chi connectivity index (χ0n) is 9.33. The molecule has 1 heterocycles. The van der Waals surface area contributed by atoms with Crippen LogP contribution < -0.4 is 5.32 Å². The summed E-state index contributed by atoms with van der Waals surface area (Å²) in [6.07, 6.45) is 5.09. The molecule has 18 heavy (non-hydrogen) atoms. The van der Waals surface area contributed by atoms with E-state index in [1.54, 1.807) is 17.1 Å². The SMILES string of the molecule is C=Cn1cc(CNc2c(Cl)cc(F)cc2Cl)cn1. The molecule has 1 N–H and O–H groups in total. The maximum Gasteiger partial charge on any atom is 0.126 e. The molecule has 3 nitrogen and oxygen atoms in total. The summed E-state index contributed by atoms with van der Waals surface area (Å²) in [5.74, 6) is -0.463. The third kappa shape index (κ3) is 2.83. The number of hydrogen-bond donors (Lipinski definition) is 1. The quantitative estimate of drug-likeness (QED) is 0.919. The zero-order chi connectivity index (χ0) is 13.1. The molecule has 0 atom stereocenters. The van der Waals surface area contributed by atoms with Crippen LogP contribution in [-0.2, 0) is 6.54 Å². The van der Waals surface area contributed by atoms with Crippen LogP contribution in [0.25, 0.3) is 6.20 Å². The number of hydrogen-bond acceptors (Lipinski definition) is 2. The Morgan fingerprint density at radius 3 is 2.61 bits per heavy atom. The number of aromatic nitrogens is 2. The lowest BCUT2D eigenvalue weighted by Gasteiger charge is -2.09. The molecule has 0 bridgehead atoms. The lowest BCUT2D eigenvalue weighted by Crippen LogP contribution is -2.00. The topological polar surface area (TPSA) is 29.9 Å². The van der Waals surface area contributed by atoms with Gasteiger partial charge in [-0.25, -0.2) is 9.07 Å². The molecule has 0 amide bonds. The van der Waals surface area contributed by atoms with Crippen molar-refractivity contribution < 1.29 is 4.39 Å². The summed E-state index contributed by atoms with van der Waals surface area (Å²) in [6.45, 7) is 4.08. The number of benzene rings is 1. The van der Waals surface area contributed by atoms with E-state index in [2.05, 4.69) is 17.0 Å². The predicted molar refractivity (Wildman–Crippen MR) is 72.4 cm³/mol. The molecule has 0 saturated carbocycles. The second-order valence-corrected chi connectivity index (χ2v) is 4.42. The largest absolute Gasteiger partial charge is 0.378 e. The Morgan fingerprint density at radius 1 is 1.39 bits per heavy atom. The fourth-order valence-electron chi connectivity index (χ4n) is 1.47. The van der Waals surface area contributed by atoms with Gasteiger partial charge in [-0.15, -0.1) is 0 Å². The van der Waals surface area contributed by atoms with Gasteiger partial charge in [-0.3, -0.25) is 0 Å². The van der Waals surface area contributed by atoms with Gasteiger partial charge in [0.15, 0.2) is 0 Å². The summed E-state index contributed by atoms with van der Waals surface area (Å²) in [6, 6.07) is 2.42. The minimum Gasteiger partial charge on any atom is -0.378 e. The highest BCUT2D eigenvalue weighted by Gasteiger charge is 2.08. The second kappa shape index (κ2) is 5.42. The highest BCUT2D eigenvalue weighted by atomic mass is 35.5. The first kappa shape index (κ1) is 12.9. The molecule has 6 heteroatoms. The molecule has 0 fully saturated rings. The van der Waals surface area contributed by atoms with Crippen LogP contribution in [0.2, 0.25) is 10.0 Å². The van der Waals surface area contributed by atoms with Gasteiger partial charge in [0.2, 0.25) is 0 Å². The fourth-order valence-corrected chi connectivity index (χ4v) is 2.06. The maximum absolute atomic E-state index is 13.0. The molecule has 0 spiro atoms. The normalized spacial score (nSPS) is 10.4. The Bertz CT molecular complexity index is 557. The van der Waals surface area contributed by atoms with Crippen molar-refractivity contribution >= 4 is 35.1 Å². The van der Waals surface area contributed by atoms with E-state index in [4.69, 9.17) is 23.2 Å². The van der Waals surface area contributed by atoms with Crippen LogP contribution >= 0.6 is 23.2 Å². The lowest BCUT2D eigenvalue weighted by atomic mass is 10.3. The first-order valence-electron chi connectivity index (χ1n) is 5.14. The average molecular weight is 286 g/mol. The van der Waals surface area contributed by atoms with E-state index in [-0.39, 0.29) is 10.0 Å². The standard InChI is InChI=1S/C12H10Cl2FN3/c1-2-18-7-8(6-17-18)5-16-12-10(13)3-9(15)4-11(12)14/h2-4,6-7,16H,1,5H2. The van der Waals surface area contributed by atoms with E-state index in [0.717, 1.165) is 5.56 Å². The summed E-state index contributed by atoms with van der Waals surface area (Å²) in [5.41, 5.74) is 1.44. The molecular weight excluding hydrogens is 276 g/mol. The zero-order valence-corrected chi connectivity index (χ0v) is 10.8. The molecule has 2 aromatic rings.